The minimum Gasteiger partial charge on any atom is -0.497 e. The van der Waals surface area contributed by atoms with E-state index in [2.05, 4.69) is 15.0 Å². The van der Waals surface area contributed by atoms with Gasteiger partial charge in [0.25, 0.3) is 5.56 Å². The Morgan fingerprint density at radius 1 is 1.23 bits per heavy atom. The predicted octanol–water partition coefficient (Wildman–Crippen LogP) is 2.86. The summed E-state index contributed by atoms with van der Waals surface area (Å²) in [5.41, 5.74) is 1.22. The van der Waals surface area contributed by atoms with Gasteiger partial charge in [-0.15, -0.1) is 11.3 Å². The van der Waals surface area contributed by atoms with E-state index in [1.54, 1.807) is 20.4 Å². The van der Waals surface area contributed by atoms with Gasteiger partial charge in [-0.2, -0.15) is 0 Å². The predicted molar refractivity (Wildman–Crippen MR) is 118 cm³/mol. The summed E-state index contributed by atoms with van der Waals surface area (Å²) in [6.07, 6.45) is 3.43. The summed E-state index contributed by atoms with van der Waals surface area (Å²) < 4.78 is 10.7. The number of carbonyl (C=O) groups is 1. The van der Waals surface area contributed by atoms with Crippen molar-refractivity contribution in [1.82, 2.24) is 19.9 Å². The molecule has 9 heteroatoms. The minimum atomic E-state index is -0.182. The number of thiazole rings is 1. The molecule has 2 aromatic heterocycles. The second-order valence-corrected chi connectivity index (χ2v) is 8.26. The van der Waals surface area contributed by atoms with E-state index in [-0.39, 0.29) is 23.8 Å². The van der Waals surface area contributed by atoms with E-state index < -0.39 is 0 Å². The highest BCUT2D eigenvalue weighted by Gasteiger charge is 2.26. The molecule has 3 aromatic rings. The SMILES string of the molecule is COc1ccc(OC)c(CC(=O)N2CCC(c3nc(-c4nccs4)cc(=O)[nH]3)CC2)c1. The molecule has 162 valence electrons. The van der Waals surface area contributed by atoms with E-state index in [0.29, 0.717) is 36.1 Å². The monoisotopic (exact) mass is 440 g/mol. The molecule has 0 aliphatic carbocycles. The summed E-state index contributed by atoms with van der Waals surface area (Å²) in [5.74, 6) is 2.17. The molecular formula is C22H24N4O4S. The fourth-order valence-electron chi connectivity index (χ4n) is 3.83. The lowest BCUT2D eigenvalue weighted by Gasteiger charge is -2.31. The highest BCUT2D eigenvalue weighted by Crippen LogP contribution is 2.29. The first-order chi connectivity index (χ1) is 15.1. The smallest absolute Gasteiger partial charge is 0.251 e. The molecule has 1 fully saturated rings. The number of nitrogens with one attached hydrogen (secondary N) is 1. The molecule has 1 N–H and O–H groups in total. The Hall–Kier alpha value is -3.20. The van der Waals surface area contributed by atoms with Crippen LogP contribution in [0.3, 0.4) is 0 Å². The number of ether oxygens (including phenoxy) is 2. The average molecular weight is 441 g/mol. The Bertz CT molecular complexity index is 1100. The van der Waals surface area contributed by atoms with Crippen LogP contribution in [0.4, 0.5) is 0 Å². The molecule has 4 rings (SSSR count). The number of H-pyrrole nitrogens is 1. The number of aromatic amines is 1. The maximum atomic E-state index is 12.9. The zero-order valence-corrected chi connectivity index (χ0v) is 18.3. The van der Waals surface area contributed by atoms with Crippen molar-refractivity contribution in [1.29, 1.82) is 0 Å². The van der Waals surface area contributed by atoms with Crippen LogP contribution >= 0.6 is 11.3 Å². The molecule has 0 bridgehead atoms. The Labute approximate surface area is 183 Å². The van der Waals surface area contributed by atoms with Crippen LogP contribution in [0.1, 0.15) is 30.1 Å². The van der Waals surface area contributed by atoms with Crippen molar-refractivity contribution in [3.05, 3.63) is 57.6 Å². The molecule has 0 radical (unpaired) electrons. The molecule has 3 heterocycles. The highest BCUT2D eigenvalue weighted by atomic mass is 32.1. The first kappa shape index (κ1) is 21.0. The normalized spacial score (nSPS) is 14.5. The molecule has 31 heavy (non-hydrogen) atoms. The lowest BCUT2D eigenvalue weighted by molar-refractivity contribution is -0.131. The molecule has 1 aliphatic rings. The fraction of sp³-hybridized carbons (Fsp3) is 0.364. The first-order valence-electron chi connectivity index (χ1n) is 10.1. The Balaban J connectivity index is 1.42. The van der Waals surface area contributed by atoms with Crippen molar-refractivity contribution in [2.45, 2.75) is 25.2 Å². The largest absolute Gasteiger partial charge is 0.497 e. The van der Waals surface area contributed by atoms with Crippen LogP contribution in [-0.2, 0) is 11.2 Å². The van der Waals surface area contributed by atoms with Crippen molar-refractivity contribution < 1.29 is 14.3 Å². The Kier molecular flexibility index (Phi) is 6.31. The van der Waals surface area contributed by atoms with Crippen LogP contribution in [-0.4, -0.2) is 53.1 Å². The van der Waals surface area contributed by atoms with Crippen LogP contribution in [0.25, 0.3) is 10.7 Å². The van der Waals surface area contributed by atoms with Crippen LogP contribution in [0.2, 0.25) is 0 Å². The Morgan fingerprint density at radius 2 is 2.03 bits per heavy atom. The zero-order valence-electron chi connectivity index (χ0n) is 17.5. The molecule has 0 saturated carbocycles. The molecule has 0 unspecified atom stereocenters. The maximum Gasteiger partial charge on any atom is 0.251 e. The third-order valence-electron chi connectivity index (χ3n) is 5.48. The summed E-state index contributed by atoms with van der Waals surface area (Å²) in [6, 6.07) is 6.93. The van der Waals surface area contributed by atoms with Gasteiger partial charge < -0.3 is 19.4 Å². The number of amides is 1. The second kappa shape index (κ2) is 9.30. The molecule has 1 aliphatic heterocycles. The van der Waals surface area contributed by atoms with Gasteiger partial charge in [0.1, 0.15) is 28.0 Å². The van der Waals surface area contributed by atoms with E-state index in [1.807, 2.05) is 28.5 Å². The number of hydrogen-bond donors (Lipinski definition) is 1. The van der Waals surface area contributed by atoms with E-state index >= 15 is 0 Å². The number of rotatable bonds is 6. The second-order valence-electron chi connectivity index (χ2n) is 7.36. The molecule has 0 atom stereocenters. The van der Waals surface area contributed by atoms with Gasteiger partial charge in [0.2, 0.25) is 5.91 Å². The van der Waals surface area contributed by atoms with Crippen molar-refractivity contribution in [2.24, 2.45) is 0 Å². The van der Waals surface area contributed by atoms with Gasteiger partial charge in [-0.05, 0) is 31.0 Å². The quantitative estimate of drug-likeness (QED) is 0.633. The summed E-state index contributed by atoms with van der Waals surface area (Å²) in [5, 5.41) is 2.59. The molecular weight excluding hydrogens is 416 g/mol. The molecule has 0 spiro atoms. The fourth-order valence-corrected chi connectivity index (χ4v) is 4.42. The van der Waals surface area contributed by atoms with Gasteiger partial charge in [-0.1, -0.05) is 0 Å². The summed E-state index contributed by atoms with van der Waals surface area (Å²) >= 11 is 1.45. The Morgan fingerprint density at radius 3 is 2.71 bits per heavy atom. The zero-order chi connectivity index (χ0) is 21.8. The van der Waals surface area contributed by atoms with Gasteiger partial charge in [0.15, 0.2) is 0 Å². The third-order valence-corrected chi connectivity index (χ3v) is 6.27. The van der Waals surface area contributed by atoms with E-state index in [0.717, 1.165) is 23.4 Å². The van der Waals surface area contributed by atoms with Crippen LogP contribution < -0.4 is 15.0 Å². The van der Waals surface area contributed by atoms with Gasteiger partial charge >= 0.3 is 0 Å². The van der Waals surface area contributed by atoms with Gasteiger partial charge in [-0.25, -0.2) is 9.97 Å². The number of carbonyl (C=O) groups excluding carboxylic acids is 1. The van der Waals surface area contributed by atoms with Crippen LogP contribution in [0, 0.1) is 0 Å². The lowest BCUT2D eigenvalue weighted by Crippen LogP contribution is -2.39. The van der Waals surface area contributed by atoms with E-state index in [4.69, 9.17) is 9.47 Å². The lowest BCUT2D eigenvalue weighted by atomic mass is 9.95. The molecule has 8 nitrogen and oxygen atoms in total. The van der Waals surface area contributed by atoms with Gasteiger partial charge in [-0.3, -0.25) is 9.59 Å². The van der Waals surface area contributed by atoms with E-state index in [9.17, 15) is 9.59 Å². The van der Waals surface area contributed by atoms with Crippen molar-refractivity contribution in [3.63, 3.8) is 0 Å². The summed E-state index contributed by atoms with van der Waals surface area (Å²) in [6.45, 7) is 1.22. The number of piperidine rings is 1. The number of methoxy groups -OCH3 is 2. The molecule has 1 aromatic carbocycles. The van der Waals surface area contributed by atoms with Gasteiger partial charge in [0, 0.05) is 42.2 Å². The topological polar surface area (TPSA) is 97.4 Å². The molecule has 1 amide bonds. The average Bonchev–Trinajstić information content (AvgIpc) is 3.34. The van der Waals surface area contributed by atoms with Crippen LogP contribution in [0.15, 0.2) is 40.6 Å². The highest BCUT2D eigenvalue weighted by molar-refractivity contribution is 7.13. The van der Waals surface area contributed by atoms with Gasteiger partial charge in [0.05, 0.1) is 20.6 Å². The number of hydrogen-bond acceptors (Lipinski definition) is 7. The number of aromatic nitrogens is 3. The first-order valence-corrected chi connectivity index (χ1v) is 10.9. The van der Waals surface area contributed by atoms with Crippen molar-refractivity contribution >= 4 is 17.2 Å². The number of nitrogens with zero attached hydrogens (tertiary/aromatic N) is 3. The number of likely N-dealkylation sites (tertiary alicyclic amines) is 1. The standard InChI is InChI=1S/C22H24N4O4S/c1-29-16-3-4-18(30-2)15(11-16)12-20(28)26-8-5-14(6-9-26)21-24-17(13-19(27)25-21)22-23-7-10-31-22/h3-4,7,10-11,13-14H,5-6,8-9,12H2,1-2H3,(H,24,25,27). The summed E-state index contributed by atoms with van der Waals surface area (Å²) in [7, 11) is 3.19. The van der Waals surface area contributed by atoms with Crippen LogP contribution in [0.5, 0.6) is 11.5 Å². The summed E-state index contributed by atoms with van der Waals surface area (Å²) in [4.78, 5) is 38.6. The van der Waals surface area contributed by atoms with Crippen molar-refractivity contribution in [3.8, 4) is 22.2 Å². The minimum absolute atomic E-state index is 0.0444. The van der Waals surface area contributed by atoms with Crippen molar-refractivity contribution in [2.75, 3.05) is 27.3 Å². The number of benzene rings is 1. The maximum absolute atomic E-state index is 12.9. The molecule has 1 saturated heterocycles. The van der Waals surface area contributed by atoms with E-state index in [1.165, 1.54) is 17.4 Å². The third kappa shape index (κ3) is 4.77.